The molecule has 1 saturated heterocycles. The lowest BCUT2D eigenvalue weighted by Gasteiger charge is -2.28. The highest BCUT2D eigenvalue weighted by atomic mass is 16.6. The van der Waals surface area contributed by atoms with E-state index in [1.807, 2.05) is 20.8 Å². The van der Waals surface area contributed by atoms with Crippen LogP contribution in [0.1, 0.15) is 59.8 Å². The topological polar surface area (TPSA) is 53.6 Å². The lowest BCUT2D eigenvalue weighted by atomic mass is 10.0. The van der Waals surface area contributed by atoms with Crippen LogP contribution in [0.2, 0.25) is 0 Å². The van der Waals surface area contributed by atoms with Crippen molar-refractivity contribution in [2.24, 2.45) is 5.92 Å². The van der Waals surface area contributed by atoms with Crippen LogP contribution < -0.4 is 10.6 Å². The normalized spacial score (nSPS) is 27.1. The van der Waals surface area contributed by atoms with Crippen molar-refractivity contribution in [3.8, 4) is 0 Å². The van der Waals surface area contributed by atoms with Gasteiger partial charge in [0.25, 0.3) is 0 Å². The van der Waals surface area contributed by atoms with Crippen LogP contribution >= 0.6 is 0 Å². The van der Waals surface area contributed by atoms with Crippen LogP contribution in [0.4, 0.5) is 4.79 Å². The first kappa shape index (κ1) is 18.5. The van der Waals surface area contributed by atoms with E-state index >= 15 is 0 Å². The summed E-state index contributed by atoms with van der Waals surface area (Å²) >= 11 is 0. The highest BCUT2D eigenvalue weighted by molar-refractivity contribution is 5.67. The first-order valence-electron chi connectivity index (χ1n) is 9.29. The molecule has 1 aliphatic heterocycles. The molecule has 0 radical (unpaired) electrons. The van der Waals surface area contributed by atoms with Crippen molar-refractivity contribution in [3.63, 3.8) is 0 Å². The minimum Gasteiger partial charge on any atom is -0.444 e. The summed E-state index contributed by atoms with van der Waals surface area (Å²) in [6.07, 6.45) is 6.04. The molecule has 0 spiro atoms. The number of alkyl carbamates (subject to hydrolysis) is 1. The molecule has 5 heteroatoms. The highest BCUT2D eigenvalue weighted by Crippen LogP contribution is 2.25. The maximum absolute atomic E-state index is 11.8. The van der Waals surface area contributed by atoms with Crippen molar-refractivity contribution in [2.45, 2.75) is 77.5 Å². The molecule has 1 saturated carbocycles. The van der Waals surface area contributed by atoms with Crippen molar-refractivity contribution < 1.29 is 9.53 Å². The van der Waals surface area contributed by atoms with Crippen LogP contribution in [0, 0.1) is 5.92 Å². The Balaban J connectivity index is 1.69. The first-order valence-corrected chi connectivity index (χ1v) is 9.29. The van der Waals surface area contributed by atoms with E-state index in [9.17, 15) is 4.79 Å². The molecule has 3 unspecified atom stereocenters. The lowest BCUT2D eigenvalue weighted by molar-refractivity contribution is 0.0517. The van der Waals surface area contributed by atoms with Crippen molar-refractivity contribution in [3.05, 3.63) is 0 Å². The number of ether oxygens (including phenoxy) is 1. The van der Waals surface area contributed by atoms with Gasteiger partial charge in [0.05, 0.1) is 0 Å². The molecule has 2 aliphatic rings. The second-order valence-corrected chi connectivity index (χ2v) is 8.18. The predicted molar refractivity (Wildman–Crippen MR) is 93.6 cm³/mol. The van der Waals surface area contributed by atoms with Crippen molar-refractivity contribution in [2.75, 3.05) is 26.2 Å². The van der Waals surface area contributed by atoms with Gasteiger partial charge in [0.2, 0.25) is 0 Å². The molecule has 2 fully saturated rings. The maximum Gasteiger partial charge on any atom is 0.407 e. The molecule has 2 rings (SSSR count). The molecule has 3 atom stereocenters. The zero-order chi connectivity index (χ0) is 16.9. The van der Waals surface area contributed by atoms with Gasteiger partial charge in [0.1, 0.15) is 5.60 Å². The summed E-state index contributed by atoms with van der Waals surface area (Å²) in [6, 6.07) is 1.13. The number of likely N-dealkylation sites (tertiary alicyclic amines) is 1. The monoisotopic (exact) mass is 325 g/mol. The number of nitrogens with one attached hydrogen (secondary N) is 2. The third-order valence-electron chi connectivity index (χ3n) is 5.01. The van der Waals surface area contributed by atoms with E-state index in [-0.39, 0.29) is 6.09 Å². The Hall–Kier alpha value is -0.810. The lowest BCUT2D eigenvalue weighted by Crippen LogP contribution is -2.45. The summed E-state index contributed by atoms with van der Waals surface area (Å²) in [5.74, 6) is 0.522. The summed E-state index contributed by atoms with van der Waals surface area (Å²) in [6.45, 7) is 12.3. The number of nitrogens with zero attached hydrogens (tertiary/aromatic N) is 1. The van der Waals surface area contributed by atoms with E-state index in [1.165, 1.54) is 45.2 Å². The molecule has 1 aliphatic carbocycles. The minimum absolute atomic E-state index is 0.298. The Kier molecular flexibility index (Phi) is 6.72. The predicted octanol–water partition coefficient (Wildman–Crippen LogP) is 2.75. The second kappa shape index (κ2) is 8.34. The summed E-state index contributed by atoms with van der Waals surface area (Å²) in [5, 5.41) is 6.69. The number of amides is 1. The molecule has 2 N–H and O–H groups in total. The molecule has 0 aromatic rings. The Labute approximate surface area is 141 Å². The third kappa shape index (κ3) is 6.30. The fourth-order valence-electron chi connectivity index (χ4n) is 3.71. The second-order valence-electron chi connectivity index (χ2n) is 8.18. The van der Waals surface area contributed by atoms with E-state index in [0.29, 0.717) is 24.5 Å². The zero-order valence-electron chi connectivity index (χ0n) is 15.4. The van der Waals surface area contributed by atoms with Gasteiger partial charge in [0.15, 0.2) is 0 Å². The van der Waals surface area contributed by atoms with E-state index in [2.05, 4.69) is 22.5 Å². The van der Waals surface area contributed by atoms with E-state index in [0.717, 1.165) is 6.54 Å². The molecule has 0 bridgehead atoms. The Morgan fingerprint density at radius 3 is 2.57 bits per heavy atom. The smallest absolute Gasteiger partial charge is 0.407 e. The molecule has 23 heavy (non-hydrogen) atoms. The quantitative estimate of drug-likeness (QED) is 0.788. The van der Waals surface area contributed by atoms with Gasteiger partial charge in [-0.3, -0.25) is 4.90 Å². The van der Waals surface area contributed by atoms with Gasteiger partial charge in [-0.2, -0.15) is 0 Å². The van der Waals surface area contributed by atoms with Gasteiger partial charge < -0.3 is 15.4 Å². The van der Waals surface area contributed by atoms with Gasteiger partial charge >= 0.3 is 6.09 Å². The average molecular weight is 325 g/mol. The number of hydrogen-bond acceptors (Lipinski definition) is 4. The van der Waals surface area contributed by atoms with Gasteiger partial charge in [-0.15, -0.1) is 0 Å². The fourth-order valence-corrected chi connectivity index (χ4v) is 3.71. The standard InChI is InChI=1S/C18H35N3O2/c1-14(21-10-5-6-11-21)12-19-16-9-7-8-15(16)13-20-17(22)23-18(2,3)4/h14-16,19H,5-13H2,1-4H3,(H,20,22). The average Bonchev–Trinajstić information content (AvgIpc) is 3.12. The molecular weight excluding hydrogens is 290 g/mol. The largest absolute Gasteiger partial charge is 0.444 e. The van der Waals surface area contributed by atoms with E-state index < -0.39 is 5.60 Å². The summed E-state index contributed by atoms with van der Waals surface area (Å²) in [4.78, 5) is 14.4. The third-order valence-corrected chi connectivity index (χ3v) is 5.01. The van der Waals surface area contributed by atoms with E-state index in [1.54, 1.807) is 0 Å². The SMILES string of the molecule is CC(CNC1CCCC1CNC(=O)OC(C)(C)C)N1CCCC1. The van der Waals surface area contributed by atoms with Crippen molar-refractivity contribution in [1.29, 1.82) is 0 Å². The minimum atomic E-state index is -0.428. The number of carbonyl (C=O) groups is 1. The van der Waals surface area contributed by atoms with Gasteiger partial charge in [-0.05, 0) is 72.4 Å². The van der Waals surface area contributed by atoms with Crippen LogP contribution in [-0.4, -0.2) is 54.9 Å². The highest BCUT2D eigenvalue weighted by Gasteiger charge is 2.29. The van der Waals surface area contributed by atoms with Crippen LogP contribution in [0.15, 0.2) is 0 Å². The van der Waals surface area contributed by atoms with Crippen LogP contribution in [-0.2, 0) is 4.74 Å². The van der Waals surface area contributed by atoms with Crippen molar-refractivity contribution >= 4 is 6.09 Å². The van der Waals surface area contributed by atoms with Crippen LogP contribution in [0.25, 0.3) is 0 Å². The van der Waals surface area contributed by atoms with Gasteiger partial charge in [-0.25, -0.2) is 4.79 Å². The van der Waals surface area contributed by atoms with Crippen molar-refractivity contribution in [1.82, 2.24) is 15.5 Å². The molecule has 134 valence electrons. The molecule has 5 nitrogen and oxygen atoms in total. The number of carbonyl (C=O) groups excluding carboxylic acids is 1. The Bertz CT molecular complexity index is 375. The van der Waals surface area contributed by atoms with Gasteiger partial charge in [-0.1, -0.05) is 6.42 Å². The maximum atomic E-state index is 11.8. The van der Waals surface area contributed by atoms with E-state index in [4.69, 9.17) is 4.74 Å². The zero-order valence-corrected chi connectivity index (χ0v) is 15.4. The molecule has 0 aromatic heterocycles. The summed E-state index contributed by atoms with van der Waals surface area (Å²) < 4.78 is 5.32. The summed E-state index contributed by atoms with van der Waals surface area (Å²) in [7, 11) is 0. The fraction of sp³-hybridized carbons (Fsp3) is 0.944. The van der Waals surface area contributed by atoms with Gasteiger partial charge in [0, 0.05) is 25.2 Å². The van der Waals surface area contributed by atoms with Crippen LogP contribution in [0.3, 0.4) is 0 Å². The van der Waals surface area contributed by atoms with Crippen LogP contribution in [0.5, 0.6) is 0 Å². The molecule has 1 heterocycles. The molecular formula is C18H35N3O2. The Morgan fingerprint density at radius 2 is 1.91 bits per heavy atom. The summed E-state index contributed by atoms with van der Waals surface area (Å²) in [5.41, 5.74) is -0.428. The Morgan fingerprint density at radius 1 is 1.22 bits per heavy atom. The number of hydrogen-bond donors (Lipinski definition) is 2. The molecule has 1 amide bonds. The number of rotatable bonds is 6. The molecule has 0 aromatic carbocycles. The first-order chi connectivity index (χ1) is 10.8.